The molecule has 1 aliphatic heterocycles. The summed E-state index contributed by atoms with van der Waals surface area (Å²) < 4.78 is 0.701. The molecule has 9 heteroatoms. The zero-order chi connectivity index (χ0) is 27.3. The maximum atomic E-state index is 13.6. The number of rotatable bonds is 7. The van der Waals surface area contributed by atoms with E-state index in [0.717, 1.165) is 5.57 Å². The molecule has 2 N–H and O–H groups in total. The molecule has 1 fully saturated rings. The Morgan fingerprint density at radius 1 is 1.08 bits per heavy atom. The highest BCUT2D eigenvalue weighted by Gasteiger charge is 2.56. The molecule has 3 aliphatic carbocycles. The van der Waals surface area contributed by atoms with Gasteiger partial charge in [-0.15, -0.1) is 0 Å². The summed E-state index contributed by atoms with van der Waals surface area (Å²) in [5.74, 6) is -4.27. The molecule has 1 saturated heterocycles. The molecule has 1 heterocycles. The van der Waals surface area contributed by atoms with Crippen molar-refractivity contribution in [3.8, 4) is 5.75 Å². The third-order valence-electron chi connectivity index (χ3n) is 8.23. The van der Waals surface area contributed by atoms with Gasteiger partial charge in [-0.1, -0.05) is 34.0 Å². The highest BCUT2D eigenvalue weighted by atomic mass is 79.9. The molecule has 5 rings (SSSR count). The number of ketones is 2. The Kier molecular flexibility index (Phi) is 6.98. The van der Waals surface area contributed by atoms with Crippen molar-refractivity contribution in [3.63, 3.8) is 0 Å². The summed E-state index contributed by atoms with van der Waals surface area (Å²) in [7, 11) is 0. The number of aromatic hydroxyl groups is 1. The van der Waals surface area contributed by atoms with Crippen LogP contribution in [0.4, 0.5) is 0 Å². The summed E-state index contributed by atoms with van der Waals surface area (Å²) in [5.41, 5.74) is 2.29. The number of likely N-dealkylation sites (tertiary alicyclic amines) is 1. The Bertz CT molecular complexity index is 1370. The summed E-state index contributed by atoms with van der Waals surface area (Å²) >= 11 is 3.44. The number of carboxylic acid groups (broad SMARTS) is 1. The van der Waals surface area contributed by atoms with E-state index in [1.54, 1.807) is 19.1 Å². The van der Waals surface area contributed by atoms with Gasteiger partial charge in [0.15, 0.2) is 11.6 Å². The largest absolute Gasteiger partial charge is 0.508 e. The van der Waals surface area contributed by atoms with Gasteiger partial charge >= 0.3 is 5.97 Å². The van der Waals surface area contributed by atoms with Crippen molar-refractivity contribution < 1.29 is 34.2 Å². The number of carbonyl (C=O) groups is 5. The van der Waals surface area contributed by atoms with E-state index in [4.69, 9.17) is 5.11 Å². The molecule has 0 bridgehead atoms. The monoisotopic (exact) mass is 581 g/mol. The summed E-state index contributed by atoms with van der Waals surface area (Å²) in [6, 6.07) is 4.95. The summed E-state index contributed by atoms with van der Waals surface area (Å²) in [5, 5.41) is 19.7. The molecule has 0 aromatic heterocycles. The number of carboxylic acids is 1. The minimum Gasteiger partial charge on any atom is -0.508 e. The van der Waals surface area contributed by atoms with Crippen LogP contribution in [0.25, 0.3) is 0 Å². The molecule has 198 valence electrons. The van der Waals surface area contributed by atoms with Gasteiger partial charge in [0.25, 0.3) is 0 Å². The summed E-state index contributed by atoms with van der Waals surface area (Å²) in [6.45, 7) is 1.84. The fourth-order valence-corrected chi connectivity index (χ4v) is 6.86. The van der Waals surface area contributed by atoms with E-state index < -0.39 is 29.6 Å². The van der Waals surface area contributed by atoms with Crippen LogP contribution in [0.3, 0.4) is 0 Å². The first kappa shape index (κ1) is 26.3. The van der Waals surface area contributed by atoms with Gasteiger partial charge in [0.2, 0.25) is 11.8 Å². The second kappa shape index (κ2) is 10.1. The number of nitrogens with zero attached hydrogens (tertiary/aromatic N) is 1. The Balaban J connectivity index is 1.51. The number of halogens is 1. The fraction of sp³-hybridized carbons (Fsp3) is 0.414. The van der Waals surface area contributed by atoms with Crippen molar-refractivity contribution >= 4 is 45.3 Å². The lowest BCUT2D eigenvalue weighted by Crippen LogP contribution is -2.40. The fourth-order valence-electron chi connectivity index (χ4n) is 6.48. The van der Waals surface area contributed by atoms with Crippen molar-refractivity contribution in [2.24, 2.45) is 17.8 Å². The average Bonchev–Trinajstić information content (AvgIpc) is 3.12. The number of phenols is 1. The number of imide groups is 1. The standard InChI is InChI=1S/C29H28BrNO7/c1-14-11-22(33)20-13-18-16(24(26(20)27(14)36)19-12-15(30)6-9-21(19)32)7-8-17-25(18)29(38)31(28(17)37)10-4-2-3-5-23(34)35/h6-7,9,11-12,17-18,24-25,32H,2-5,8,10,13H2,1H3,(H,34,35). The predicted molar refractivity (Wildman–Crippen MR) is 140 cm³/mol. The van der Waals surface area contributed by atoms with E-state index in [1.807, 2.05) is 6.08 Å². The molecule has 0 saturated carbocycles. The Morgan fingerprint density at radius 3 is 2.58 bits per heavy atom. The molecule has 8 nitrogen and oxygen atoms in total. The first-order valence-corrected chi connectivity index (χ1v) is 13.6. The van der Waals surface area contributed by atoms with E-state index in [9.17, 15) is 29.1 Å². The Hall–Kier alpha value is -3.33. The lowest BCUT2D eigenvalue weighted by molar-refractivity contribution is -0.141. The van der Waals surface area contributed by atoms with Gasteiger partial charge in [0.1, 0.15) is 5.75 Å². The van der Waals surface area contributed by atoms with Gasteiger partial charge < -0.3 is 10.2 Å². The van der Waals surface area contributed by atoms with Gasteiger partial charge in [0, 0.05) is 45.6 Å². The number of hydrogen-bond donors (Lipinski definition) is 2. The number of amides is 2. The molecule has 2 amide bonds. The molecule has 4 aliphatic rings. The lowest BCUT2D eigenvalue weighted by Gasteiger charge is -2.42. The van der Waals surface area contributed by atoms with Crippen LogP contribution in [0.2, 0.25) is 0 Å². The quantitative estimate of drug-likeness (QED) is 0.213. The average molecular weight is 582 g/mol. The van der Waals surface area contributed by atoms with E-state index in [1.165, 1.54) is 17.0 Å². The number of Topliss-reactive ketones (excluding diaryl/α,β-unsaturated/α-hetero) is 1. The van der Waals surface area contributed by atoms with Gasteiger partial charge in [-0.3, -0.25) is 28.9 Å². The smallest absolute Gasteiger partial charge is 0.303 e. The van der Waals surface area contributed by atoms with E-state index >= 15 is 0 Å². The first-order chi connectivity index (χ1) is 18.1. The molecule has 4 atom stereocenters. The minimum absolute atomic E-state index is 0.0157. The van der Waals surface area contributed by atoms with Crippen molar-refractivity contribution in [1.29, 1.82) is 0 Å². The number of fused-ring (bicyclic) bond motifs is 3. The van der Waals surface area contributed by atoms with Crippen molar-refractivity contribution in [1.82, 2.24) is 4.90 Å². The van der Waals surface area contributed by atoms with Gasteiger partial charge in [-0.2, -0.15) is 0 Å². The van der Waals surface area contributed by atoms with Crippen LogP contribution >= 0.6 is 15.9 Å². The van der Waals surface area contributed by atoms with E-state index in [2.05, 4.69) is 15.9 Å². The topological polar surface area (TPSA) is 129 Å². The van der Waals surface area contributed by atoms with Crippen molar-refractivity contribution in [3.05, 3.63) is 62.7 Å². The van der Waals surface area contributed by atoms with Crippen LogP contribution in [0.15, 0.2) is 57.1 Å². The molecular formula is C29H28BrNO7. The molecule has 0 spiro atoms. The van der Waals surface area contributed by atoms with E-state index in [0.29, 0.717) is 52.4 Å². The highest BCUT2D eigenvalue weighted by molar-refractivity contribution is 9.10. The number of phenolic OH excluding ortho intramolecular Hbond substituents is 1. The number of hydrogen-bond acceptors (Lipinski definition) is 6. The summed E-state index contributed by atoms with van der Waals surface area (Å²) in [4.78, 5) is 65.5. The molecule has 4 unspecified atom stereocenters. The molecular weight excluding hydrogens is 554 g/mol. The lowest BCUT2D eigenvalue weighted by atomic mass is 9.59. The third kappa shape index (κ3) is 4.36. The number of unbranched alkanes of at least 4 members (excludes halogenated alkanes) is 2. The zero-order valence-electron chi connectivity index (χ0n) is 20.9. The molecule has 1 aromatic rings. The molecule has 38 heavy (non-hydrogen) atoms. The first-order valence-electron chi connectivity index (χ1n) is 12.9. The van der Waals surface area contributed by atoms with Crippen LogP contribution in [0, 0.1) is 17.8 Å². The highest BCUT2D eigenvalue weighted by Crippen LogP contribution is 2.56. The van der Waals surface area contributed by atoms with Crippen LogP contribution in [0.1, 0.15) is 56.9 Å². The SMILES string of the molecule is CC1=CC(=O)C2=C(C1=O)C(c1cc(Br)ccc1O)C1=CCC3C(=O)N(CCCCCC(=O)O)C(=O)C3C1C2. The van der Waals surface area contributed by atoms with Crippen LogP contribution in [0.5, 0.6) is 5.75 Å². The molecule has 0 radical (unpaired) electrons. The Labute approximate surface area is 228 Å². The van der Waals surface area contributed by atoms with Gasteiger partial charge in [0.05, 0.1) is 11.8 Å². The van der Waals surface area contributed by atoms with Gasteiger partial charge in [-0.25, -0.2) is 0 Å². The normalized spacial score (nSPS) is 26.6. The predicted octanol–water partition coefficient (Wildman–Crippen LogP) is 4.23. The van der Waals surface area contributed by atoms with E-state index in [-0.39, 0.29) is 48.5 Å². The zero-order valence-corrected chi connectivity index (χ0v) is 22.5. The number of carbonyl (C=O) groups excluding carboxylic acids is 4. The third-order valence-corrected chi connectivity index (χ3v) is 8.72. The van der Waals surface area contributed by atoms with Crippen LogP contribution in [-0.2, 0) is 24.0 Å². The van der Waals surface area contributed by atoms with Crippen LogP contribution < -0.4 is 0 Å². The minimum atomic E-state index is -0.874. The van der Waals surface area contributed by atoms with Crippen molar-refractivity contribution in [2.45, 2.75) is 51.4 Å². The number of benzene rings is 1. The summed E-state index contributed by atoms with van der Waals surface area (Å²) in [6.07, 6.45) is 5.42. The van der Waals surface area contributed by atoms with Gasteiger partial charge in [-0.05, 0) is 62.8 Å². The second-order valence-corrected chi connectivity index (χ2v) is 11.4. The Morgan fingerprint density at radius 2 is 1.84 bits per heavy atom. The van der Waals surface area contributed by atoms with Crippen LogP contribution in [-0.4, -0.2) is 51.0 Å². The maximum absolute atomic E-state index is 13.6. The maximum Gasteiger partial charge on any atom is 0.303 e. The second-order valence-electron chi connectivity index (χ2n) is 10.5. The number of allylic oxidation sites excluding steroid dienone is 6. The van der Waals surface area contributed by atoms with Crippen molar-refractivity contribution in [2.75, 3.05) is 6.54 Å². The molecule has 1 aromatic carbocycles. The number of aliphatic carboxylic acids is 1.